The number of benzene rings is 8. The zero-order valence-electron chi connectivity index (χ0n) is 51.4. The van der Waals surface area contributed by atoms with Crippen molar-refractivity contribution in [3.63, 3.8) is 0 Å². The molecule has 12 N–H and O–H groups in total. The molecule has 450 valence electrons. The lowest BCUT2D eigenvalue weighted by Crippen LogP contribution is -2.40. The molecule has 0 aliphatic heterocycles. The molecule has 0 bridgehead atoms. The number of carbonyl (C=O) groups is 1. The Morgan fingerprint density at radius 2 is 1.21 bits per heavy atom. The van der Waals surface area contributed by atoms with Crippen LogP contribution in [0, 0.1) is 33.1 Å². The Labute approximate surface area is 515 Å². The number of para-hydroxylation sites is 4. The summed E-state index contributed by atoms with van der Waals surface area (Å²) >= 11 is 3.59. The van der Waals surface area contributed by atoms with E-state index in [1.54, 1.807) is 43.1 Å². The summed E-state index contributed by atoms with van der Waals surface area (Å²) in [5.41, 5.74) is 37.2. The molecule has 0 saturated heterocycles. The van der Waals surface area contributed by atoms with Gasteiger partial charge in [-0.25, -0.2) is 9.59 Å². The van der Waals surface area contributed by atoms with Crippen molar-refractivity contribution in [1.29, 1.82) is 0 Å². The van der Waals surface area contributed by atoms with Crippen molar-refractivity contribution in [3.8, 4) is 11.1 Å². The predicted octanol–water partition coefficient (Wildman–Crippen LogP) is 16.9. The average Bonchev–Trinajstić information content (AvgIpc) is 3.67. The molecule has 0 saturated carbocycles. The predicted molar refractivity (Wildman–Crippen MR) is 370 cm³/mol. The van der Waals surface area contributed by atoms with Crippen LogP contribution < -0.4 is 38.9 Å². The molecule has 0 radical (unpaired) electrons. The summed E-state index contributed by atoms with van der Waals surface area (Å²) in [6.07, 6.45) is 10.8. The number of hydrogen-bond donors (Lipinski definition) is 8. The normalized spacial score (nSPS) is 12.9. The number of thioether (sulfide) groups is 2. The molecule has 85 heavy (non-hydrogen) atoms. The van der Waals surface area contributed by atoms with Gasteiger partial charge in [-0.2, -0.15) is 16.8 Å². The van der Waals surface area contributed by atoms with Crippen LogP contribution in [0.2, 0.25) is 0 Å². The van der Waals surface area contributed by atoms with Gasteiger partial charge < -0.3 is 48.7 Å². The van der Waals surface area contributed by atoms with Crippen molar-refractivity contribution in [3.05, 3.63) is 252 Å². The average molecular weight is 1180 g/mol. The topological polar surface area (TPSA) is 216 Å². The number of carboxylic acids is 1. The minimum atomic E-state index is -0.931. The third-order valence-electron chi connectivity index (χ3n) is 12.4. The van der Waals surface area contributed by atoms with Gasteiger partial charge >= 0.3 is 5.97 Å². The van der Waals surface area contributed by atoms with Crippen LogP contribution in [0.15, 0.2) is 234 Å². The number of carboxylic acid groups (broad SMARTS) is 1. The number of aromatic carboxylic acids is 1. The van der Waals surface area contributed by atoms with Gasteiger partial charge in [-0.3, -0.25) is 0 Å². The maximum atomic E-state index is 10.3. The molecule has 0 amide bonds. The minimum absolute atomic E-state index is 0.0273. The van der Waals surface area contributed by atoms with Gasteiger partial charge in [0.25, 0.3) is 0 Å². The van der Waals surface area contributed by atoms with Gasteiger partial charge in [-0.05, 0) is 172 Å². The summed E-state index contributed by atoms with van der Waals surface area (Å²) in [6, 6.07) is 64.3. The molecule has 8 aromatic rings. The number of ether oxygens (including phenoxy) is 1. The van der Waals surface area contributed by atoms with Crippen LogP contribution in [0.1, 0.15) is 59.8 Å². The second kappa shape index (κ2) is 42.2. The Kier molecular flexibility index (Phi) is 36.0. The summed E-state index contributed by atoms with van der Waals surface area (Å²) in [4.78, 5) is 24.5. The maximum absolute atomic E-state index is 10.3. The van der Waals surface area contributed by atoms with Crippen LogP contribution in [0.5, 0.6) is 0 Å². The Morgan fingerprint density at radius 1 is 0.682 bits per heavy atom. The number of nitrogens with two attached hydrogens (primary N) is 4. The highest BCUT2D eigenvalue weighted by molar-refractivity contribution is 7.99. The summed E-state index contributed by atoms with van der Waals surface area (Å²) < 4.78 is 5.19. The van der Waals surface area contributed by atoms with Crippen molar-refractivity contribution >= 4 is 75.4 Å². The van der Waals surface area contributed by atoms with Gasteiger partial charge in [-0.15, -0.1) is 11.8 Å². The van der Waals surface area contributed by atoms with E-state index < -0.39 is 5.97 Å². The van der Waals surface area contributed by atoms with Gasteiger partial charge in [0.2, 0.25) is 6.08 Å². The number of nitrogen functional groups attached to an aromatic ring is 3. The molecular formula is C71H90N8O4S2. The number of rotatable bonds is 13. The zero-order chi connectivity index (χ0) is 62.8. The van der Waals surface area contributed by atoms with Crippen molar-refractivity contribution in [2.75, 3.05) is 78.7 Å². The van der Waals surface area contributed by atoms with Crippen molar-refractivity contribution in [2.45, 2.75) is 65.8 Å². The first-order valence-electron chi connectivity index (χ1n) is 28.0. The number of anilines is 6. The number of aliphatic imine (C=N–C) groups is 1. The fourth-order valence-electron chi connectivity index (χ4n) is 7.74. The molecule has 14 heteroatoms. The Bertz CT molecular complexity index is 3210. The standard InChI is InChI=1S/C14H15N.C10H17NOS.2C9H13N.C8H11NS.C7H7NO2.C7H5NO.C7H9N/c1-10-3-8-14(11(2)9-10)12-4-6-13(15)7-5-12;1-10(7-13-3)6-8(12-2)4-5-9(10)11;1-7-4-5-9(10-3)8(2)6-7;1-2-8-10-9-6-4-3-5-7-9;1-2-10-8-6-4-3-5-7(8)9;8-6-3-1-5(2-4-6)7(9)10;9-6-8-7-4-2-1-3-5-7;1-8-7-5-3-2-4-6-7/h3-9H,15H2,1-2H3;4-6,9H,7,11H2,1-3H3;4-6,10H,1-3H3;3-7,10H,2,8H2,1H3;3-6H,2,9H2,1H3;1-4H,8H2,(H,9,10);1-5H;2-6,8H,1H3. The lowest BCUT2D eigenvalue weighted by atomic mass is 9.81. The largest absolute Gasteiger partial charge is 0.497 e. The Morgan fingerprint density at radius 3 is 1.68 bits per heavy atom. The molecule has 0 heterocycles. The minimum Gasteiger partial charge on any atom is -0.497 e. The second-order valence-corrected chi connectivity index (χ2v) is 21.6. The van der Waals surface area contributed by atoms with Crippen LogP contribution in [-0.4, -0.2) is 68.7 Å². The summed E-state index contributed by atoms with van der Waals surface area (Å²) in [5.74, 6) is 2.08. The highest BCUT2D eigenvalue weighted by Crippen LogP contribution is 2.32. The molecule has 8 aromatic carbocycles. The molecular weight excluding hydrogens is 1090 g/mol. The van der Waals surface area contributed by atoms with E-state index in [1.807, 2.05) is 141 Å². The number of isocyanates is 1. The van der Waals surface area contributed by atoms with E-state index in [4.69, 9.17) is 32.8 Å². The van der Waals surface area contributed by atoms with Crippen LogP contribution in [0.25, 0.3) is 11.1 Å². The van der Waals surface area contributed by atoms with Crippen LogP contribution in [-0.2, 0) is 9.53 Å². The van der Waals surface area contributed by atoms with Gasteiger partial charge in [0, 0.05) is 76.9 Å². The summed E-state index contributed by atoms with van der Waals surface area (Å²) in [7, 11) is 5.54. The number of aryl methyl sites for hydroxylation is 4. The van der Waals surface area contributed by atoms with E-state index in [2.05, 4.69) is 142 Å². The Balaban J connectivity index is 0.000000334. The molecule has 2 atom stereocenters. The molecule has 1 aliphatic rings. The lowest BCUT2D eigenvalue weighted by molar-refractivity contribution is 0.0697. The van der Waals surface area contributed by atoms with E-state index in [0.717, 1.165) is 40.9 Å². The van der Waals surface area contributed by atoms with Crippen molar-refractivity contribution in [1.82, 2.24) is 0 Å². The highest BCUT2D eigenvalue weighted by atomic mass is 32.2. The van der Waals surface area contributed by atoms with Crippen LogP contribution in [0.4, 0.5) is 39.8 Å². The van der Waals surface area contributed by atoms with Gasteiger partial charge in [0.1, 0.15) is 5.76 Å². The first-order valence-corrected chi connectivity index (χ1v) is 30.3. The highest BCUT2D eigenvalue weighted by Gasteiger charge is 2.30. The SMILES string of the molecule is CCCNc1ccccc1.CCSc1ccccc1N.CNc1ccc(C)cc1C.CNc1ccccc1.COC1=CC(C)(CSC)C(N)C=C1.Cc1ccc(-c2ccc(N)cc2)c(C)c1.Nc1ccc(C(=O)O)cc1.O=C=Nc1ccccc1. The molecule has 0 aromatic heterocycles. The molecule has 0 fully saturated rings. The number of allylic oxidation sites excluding steroid dienone is 1. The molecule has 12 nitrogen and oxygen atoms in total. The van der Waals surface area contributed by atoms with E-state index in [9.17, 15) is 9.59 Å². The van der Waals surface area contributed by atoms with E-state index in [0.29, 0.717) is 11.4 Å². The number of nitrogens with zero attached hydrogens (tertiary/aromatic N) is 1. The number of nitrogens with one attached hydrogen (secondary N) is 3. The number of carbonyl (C=O) groups excluding carboxylic acids is 1. The third-order valence-corrected chi connectivity index (χ3v) is 14.3. The monoisotopic (exact) mass is 1180 g/mol. The zero-order valence-corrected chi connectivity index (χ0v) is 53.1. The van der Waals surface area contributed by atoms with E-state index in [1.165, 1.54) is 74.3 Å². The van der Waals surface area contributed by atoms with Crippen molar-refractivity contribution in [2.24, 2.45) is 16.1 Å². The van der Waals surface area contributed by atoms with Gasteiger partial charge in [-0.1, -0.05) is 147 Å². The van der Waals surface area contributed by atoms with Crippen LogP contribution >= 0.6 is 23.5 Å². The van der Waals surface area contributed by atoms with Crippen molar-refractivity contribution < 1.29 is 19.4 Å². The second-order valence-electron chi connectivity index (χ2n) is 19.4. The van der Waals surface area contributed by atoms with E-state index in [-0.39, 0.29) is 17.0 Å². The first-order chi connectivity index (χ1) is 40.9. The van der Waals surface area contributed by atoms with Crippen LogP contribution in [0.3, 0.4) is 0 Å². The molecule has 1 aliphatic carbocycles. The summed E-state index contributed by atoms with van der Waals surface area (Å²) in [6.45, 7) is 16.0. The maximum Gasteiger partial charge on any atom is 0.335 e. The third kappa shape index (κ3) is 29.9. The fourth-order valence-corrected chi connectivity index (χ4v) is 9.35. The molecule has 2 unspecified atom stereocenters. The van der Waals surface area contributed by atoms with E-state index >= 15 is 0 Å². The summed E-state index contributed by atoms with van der Waals surface area (Å²) in [5, 5.41) is 17.9. The first kappa shape index (κ1) is 72.5. The van der Waals surface area contributed by atoms with Gasteiger partial charge in [0.15, 0.2) is 0 Å². The number of hydrogen-bond acceptors (Lipinski definition) is 13. The quantitative estimate of drug-likeness (QED) is 0.0234. The lowest BCUT2D eigenvalue weighted by Gasteiger charge is -2.33. The number of methoxy groups -OCH3 is 1. The molecule has 0 spiro atoms. The molecule has 9 rings (SSSR count). The Hall–Kier alpha value is -8.65. The van der Waals surface area contributed by atoms with Gasteiger partial charge in [0.05, 0.1) is 18.4 Å². The smallest absolute Gasteiger partial charge is 0.335 e. The fraction of sp³-hybridized carbons (Fsp3) is 0.239.